The Labute approximate surface area is 220 Å². The Morgan fingerprint density at radius 1 is 1.03 bits per heavy atom. The van der Waals surface area contributed by atoms with Gasteiger partial charge in [-0.15, -0.1) is 5.10 Å². The molecule has 4 aromatic rings. The second-order valence-electron chi connectivity index (χ2n) is 8.92. The maximum absolute atomic E-state index is 13.9. The van der Waals surface area contributed by atoms with Crippen LogP contribution in [0.4, 0.5) is 4.39 Å². The largest absolute Gasteiger partial charge is 0.494 e. The van der Waals surface area contributed by atoms with Crippen LogP contribution in [0.3, 0.4) is 0 Å². The van der Waals surface area contributed by atoms with Gasteiger partial charge in [-0.2, -0.15) is 5.26 Å². The Morgan fingerprint density at radius 2 is 1.74 bits per heavy atom. The van der Waals surface area contributed by atoms with Crippen LogP contribution in [0.25, 0.3) is 11.3 Å². The maximum atomic E-state index is 13.9. The number of ether oxygens (including phenoxy) is 3. The van der Waals surface area contributed by atoms with Crippen molar-refractivity contribution in [2.45, 2.75) is 32.3 Å². The zero-order valence-corrected chi connectivity index (χ0v) is 20.9. The molecule has 1 aliphatic rings. The predicted octanol–water partition coefficient (Wildman–Crippen LogP) is 6.19. The standard InChI is InChI=1S/C30H27FN4O3/c1-2-3-16-36-22-14-10-20(11-15-22)28-27-26(24(17-32)29(33)38-30(27)35-34-28)19-8-12-23(13-9-19)37-18-21-6-4-5-7-25(21)31/h4-15,26H,2-3,16,18,33H2,1H3,(H,34,35)/t26-/m1/s1. The zero-order chi connectivity index (χ0) is 26.5. The molecule has 7 nitrogen and oxygen atoms in total. The first-order valence-electron chi connectivity index (χ1n) is 12.4. The highest BCUT2D eigenvalue weighted by Crippen LogP contribution is 2.46. The number of allylic oxidation sites excluding steroid dienone is 1. The van der Waals surface area contributed by atoms with Crippen molar-refractivity contribution in [1.29, 1.82) is 5.26 Å². The summed E-state index contributed by atoms with van der Waals surface area (Å²) in [6.45, 7) is 2.89. The van der Waals surface area contributed by atoms with Gasteiger partial charge in [0.05, 0.1) is 23.8 Å². The third-order valence-corrected chi connectivity index (χ3v) is 6.41. The number of unbranched alkanes of at least 4 members (excludes halogenated alkanes) is 1. The molecule has 0 radical (unpaired) electrons. The number of H-pyrrole nitrogens is 1. The van der Waals surface area contributed by atoms with Crippen LogP contribution in [0, 0.1) is 17.1 Å². The van der Waals surface area contributed by atoms with Gasteiger partial charge in [-0.3, -0.25) is 5.10 Å². The Hall–Kier alpha value is -4.77. The molecule has 2 heterocycles. The summed E-state index contributed by atoms with van der Waals surface area (Å²) in [5.41, 5.74) is 10.0. The van der Waals surface area contributed by atoms with Gasteiger partial charge < -0.3 is 19.9 Å². The molecular weight excluding hydrogens is 483 g/mol. The van der Waals surface area contributed by atoms with Gasteiger partial charge in [-0.25, -0.2) is 4.39 Å². The normalized spacial score (nSPS) is 14.4. The number of aromatic nitrogens is 2. The van der Waals surface area contributed by atoms with Crippen molar-refractivity contribution < 1.29 is 18.6 Å². The number of fused-ring (bicyclic) bond motifs is 1. The van der Waals surface area contributed by atoms with E-state index in [4.69, 9.17) is 19.9 Å². The number of benzene rings is 3. The van der Waals surface area contributed by atoms with E-state index in [1.165, 1.54) is 6.07 Å². The van der Waals surface area contributed by atoms with E-state index in [1.807, 2.05) is 36.4 Å². The van der Waals surface area contributed by atoms with Crippen molar-refractivity contribution in [3.63, 3.8) is 0 Å². The SMILES string of the molecule is CCCCOc1ccc(-c2[nH]nc3c2[C@H](c2ccc(OCc4ccccc4F)cc2)C(C#N)=C(N)O3)cc1. The first-order chi connectivity index (χ1) is 18.6. The summed E-state index contributed by atoms with van der Waals surface area (Å²) < 4.78 is 31.2. The minimum Gasteiger partial charge on any atom is -0.494 e. The lowest BCUT2D eigenvalue weighted by Crippen LogP contribution is -2.21. The van der Waals surface area contributed by atoms with Crippen molar-refractivity contribution in [2.24, 2.45) is 5.73 Å². The van der Waals surface area contributed by atoms with E-state index < -0.39 is 5.92 Å². The van der Waals surface area contributed by atoms with Crippen molar-refractivity contribution >= 4 is 0 Å². The van der Waals surface area contributed by atoms with Gasteiger partial charge >= 0.3 is 0 Å². The molecule has 1 aromatic heterocycles. The van der Waals surface area contributed by atoms with E-state index in [-0.39, 0.29) is 18.3 Å². The molecule has 0 bridgehead atoms. The molecule has 0 fully saturated rings. The average Bonchev–Trinajstić information content (AvgIpc) is 3.36. The Kier molecular flexibility index (Phi) is 7.27. The average molecular weight is 511 g/mol. The minimum atomic E-state index is -0.501. The monoisotopic (exact) mass is 510 g/mol. The van der Waals surface area contributed by atoms with Gasteiger partial charge in [0.25, 0.3) is 0 Å². The van der Waals surface area contributed by atoms with Crippen LogP contribution >= 0.6 is 0 Å². The molecular formula is C30H27FN4O3. The molecule has 0 saturated carbocycles. The predicted molar refractivity (Wildman–Crippen MR) is 141 cm³/mol. The number of nitrogens with zero attached hydrogens (tertiary/aromatic N) is 2. The number of hydrogen-bond donors (Lipinski definition) is 2. The number of halogens is 1. The Morgan fingerprint density at radius 3 is 2.45 bits per heavy atom. The summed E-state index contributed by atoms with van der Waals surface area (Å²) in [5.74, 6) is 0.888. The highest BCUT2D eigenvalue weighted by atomic mass is 19.1. The van der Waals surface area contributed by atoms with Crippen LogP contribution < -0.4 is 19.9 Å². The topological polar surface area (TPSA) is 106 Å². The van der Waals surface area contributed by atoms with E-state index in [9.17, 15) is 9.65 Å². The van der Waals surface area contributed by atoms with E-state index >= 15 is 0 Å². The number of aromatic amines is 1. The highest BCUT2D eigenvalue weighted by Gasteiger charge is 2.35. The second-order valence-corrected chi connectivity index (χ2v) is 8.92. The van der Waals surface area contributed by atoms with Crippen molar-refractivity contribution in [1.82, 2.24) is 10.2 Å². The van der Waals surface area contributed by atoms with E-state index in [2.05, 4.69) is 23.2 Å². The number of nitrogens with two attached hydrogens (primary N) is 1. The molecule has 3 N–H and O–H groups in total. The molecule has 38 heavy (non-hydrogen) atoms. The second kappa shape index (κ2) is 11.1. The van der Waals surface area contributed by atoms with Crippen LogP contribution in [0.5, 0.6) is 17.4 Å². The first kappa shape index (κ1) is 24.9. The number of rotatable bonds is 9. The Bertz CT molecular complexity index is 1490. The summed E-state index contributed by atoms with van der Waals surface area (Å²) in [4.78, 5) is 0. The van der Waals surface area contributed by atoms with Crippen LogP contribution in [0.1, 0.15) is 42.4 Å². The van der Waals surface area contributed by atoms with E-state index in [0.717, 1.165) is 41.0 Å². The molecule has 1 atom stereocenters. The third kappa shape index (κ3) is 5.04. The van der Waals surface area contributed by atoms with E-state index in [1.54, 1.807) is 30.3 Å². The summed E-state index contributed by atoms with van der Waals surface area (Å²) in [7, 11) is 0. The number of hydrogen-bond acceptors (Lipinski definition) is 6. The van der Waals surface area contributed by atoms with Crippen molar-refractivity contribution in [3.8, 4) is 34.7 Å². The maximum Gasteiger partial charge on any atom is 0.244 e. The lowest BCUT2D eigenvalue weighted by Gasteiger charge is -2.24. The molecule has 0 unspecified atom stereocenters. The third-order valence-electron chi connectivity index (χ3n) is 6.41. The zero-order valence-electron chi connectivity index (χ0n) is 20.9. The Balaban J connectivity index is 1.43. The molecule has 0 aliphatic carbocycles. The summed E-state index contributed by atoms with van der Waals surface area (Å²) >= 11 is 0. The van der Waals surface area contributed by atoms with Gasteiger partial charge in [0.2, 0.25) is 11.8 Å². The van der Waals surface area contributed by atoms with Gasteiger partial charge in [-0.05, 0) is 54.4 Å². The smallest absolute Gasteiger partial charge is 0.244 e. The fourth-order valence-electron chi connectivity index (χ4n) is 4.38. The fourth-order valence-corrected chi connectivity index (χ4v) is 4.38. The van der Waals surface area contributed by atoms with Crippen molar-refractivity contribution in [2.75, 3.05) is 6.61 Å². The van der Waals surface area contributed by atoms with Gasteiger partial charge in [0.15, 0.2) is 0 Å². The summed E-state index contributed by atoms with van der Waals surface area (Å²) in [5, 5.41) is 17.4. The lowest BCUT2D eigenvalue weighted by molar-refractivity contribution is 0.299. The van der Waals surface area contributed by atoms with Gasteiger partial charge in [0, 0.05) is 11.1 Å². The molecule has 192 valence electrons. The molecule has 0 spiro atoms. The molecule has 0 saturated heterocycles. The highest BCUT2D eigenvalue weighted by molar-refractivity contribution is 5.71. The van der Waals surface area contributed by atoms with Crippen molar-refractivity contribution in [3.05, 3.63) is 107 Å². The first-order valence-corrected chi connectivity index (χ1v) is 12.4. The van der Waals surface area contributed by atoms with Crippen LogP contribution in [-0.4, -0.2) is 16.8 Å². The molecule has 0 amide bonds. The quantitative estimate of drug-likeness (QED) is 0.260. The minimum absolute atomic E-state index is 0.0163. The number of nitrogens with one attached hydrogen (secondary N) is 1. The molecule has 5 rings (SSSR count). The molecule has 3 aromatic carbocycles. The fraction of sp³-hybridized carbons (Fsp3) is 0.200. The molecule has 8 heteroatoms. The van der Waals surface area contributed by atoms with Crippen LogP contribution in [0.2, 0.25) is 0 Å². The molecule has 1 aliphatic heterocycles. The number of nitriles is 1. The van der Waals surface area contributed by atoms with Gasteiger partial charge in [-0.1, -0.05) is 43.7 Å². The summed E-state index contributed by atoms with van der Waals surface area (Å²) in [6.07, 6.45) is 2.06. The van der Waals surface area contributed by atoms with Crippen LogP contribution in [-0.2, 0) is 6.61 Å². The van der Waals surface area contributed by atoms with Crippen LogP contribution in [0.15, 0.2) is 84.3 Å². The van der Waals surface area contributed by atoms with Gasteiger partial charge in [0.1, 0.15) is 35.6 Å². The lowest BCUT2D eigenvalue weighted by atomic mass is 9.83. The van der Waals surface area contributed by atoms with E-state index in [0.29, 0.717) is 29.4 Å². The summed E-state index contributed by atoms with van der Waals surface area (Å²) in [6, 6.07) is 23.7.